The van der Waals surface area contributed by atoms with Gasteiger partial charge in [0.25, 0.3) is 0 Å². The van der Waals surface area contributed by atoms with Crippen molar-refractivity contribution in [2.75, 3.05) is 36.0 Å². The fourth-order valence-corrected chi connectivity index (χ4v) is 5.29. The Hall–Kier alpha value is -4.99. The van der Waals surface area contributed by atoms with Crippen LogP contribution in [-0.4, -0.2) is 60.5 Å². The van der Waals surface area contributed by atoms with Crippen LogP contribution in [-0.2, 0) is 20.7 Å². The molecule has 10 nitrogen and oxygen atoms in total. The van der Waals surface area contributed by atoms with Gasteiger partial charge in [-0.25, -0.2) is 19.9 Å². The molecule has 1 aliphatic heterocycles. The van der Waals surface area contributed by atoms with Crippen molar-refractivity contribution in [2.45, 2.75) is 6.61 Å². The highest BCUT2D eigenvalue weighted by molar-refractivity contribution is 5.87. The molecule has 1 saturated heterocycles. The van der Waals surface area contributed by atoms with Gasteiger partial charge < -0.3 is 19.1 Å². The Bertz CT molecular complexity index is 1800. The maximum absolute atomic E-state index is 6.03. The van der Waals surface area contributed by atoms with E-state index in [0.717, 1.165) is 76.9 Å². The first-order valence-corrected chi connectivity index (χ1v) is 13.4. The zero-order chi connectivity index (χ0) is 27.1. The van der Waals surface area contributed by atoms with Crippen LogP contribution in [0.3, 0.4) is 0 Å². The van der Waals surface area contributed by atoms with E-state index in [2.05, 4.69) is 49.1 Å². The van der Waals surface area contributed by atoms with Gasteiger partial charge in [-0.3, -0.25) is 4.68 Å². The molecule has 6 aromatic rings. The lowest BCUT2D eigenvalue weighted by Crippen LogP contribution is -2.47. The van der Waals surface area contributed by atoms with Crippen LogP contribution in [0.5, 0.6) is 5.75 Å². The van der Waals surface area contributed by atoms with Gasteiger partial charge >= 0.3 is 0 Å². The smallest absolute Gasteiger partial charge is 0.165 e. The molecular formula is C30H29N9O. The van der Waals surface area contributed by atoms with Crippen LogP contribution in [0, 0.1) is 0 Å². The monoisotopic (exact) mass is 531 g/mol. The van der Waals surface area contributed by atoms with Crippen molar-refractivity contribution >= 4 is 33.6 Å². The van der Waals surface area contributed by atoms with E-state index in [1.54, 1.807) is 11.0 Å². The van der Waals surface area contributed by atoms with Gasteiger partial charge in [0.2, 0.25) is 0 Å². The number of rotatable bonds is 6. The van der Waals surface area contributed by atoms with Gasteiger partial charge in [0.1, 0.15) is 24.5 Å². The number of benzene rings is 2. The zero-order valence-electron chi connectivity index (χ0n) is 22.5. The standard InChI is InChI=1S/C30H29N9O/c1-36-18-22(17-33-36)28-35-27-29(37(28)2)31-20-32-30(27)39-15-13-38(14-16-39)24-9-11-25(12-10-24)40-19-23-8-7-21-5-3-4-6-26(21)34-23/h3-12,17-18,20H,13-16,19H2,1-2H3. The summed E-state index contributed by atoms with van der Waals surface area (Å²) in [4.78, 5) is 23.5. The van der Waals surface area contributed by atoms with E-state index in [0.29, 0.717) is 6.61 Å². The van der Waals surface area contributed by atoms with Gasteiger partial charge in [0.05, 0.1) is 23.0 Å². The third-order valence-electron chi connectivity index (χ3n) is 7.42. The molecule has 0 bridgehead atoms. The van der Waals surface area contributed by atoms with Crippen molar-refractivity contribution in [2.24, 2.45) is 14.1 Å². The highest BCUT2D eigenvalue weighted by Gasteiger charge is 2.23. The van der Waals surface area contributed by atoms with Crippen molar-refractivity contribution in [3.63, 3.8) is 0 Å². The average molecular weight is 532 g/mol. The number of nitrogens with zero attached hydrogens (tertiary/aromatic N) is 9. The Morgan fingerprint density at radius 2 is 1.62 bits per heavy atom. The first-order valence-electron chi connectivity index (χ1n) is 13.4. The number of aryl methyl sites for hydroxylation is 2. The summed E-state index contributed by atoms with van der Waals surface area (Å²) in [5.74, 6) is 2.55. The van der Waals surface area contributed by atoms with Crippen LogP contribution in [0.25, 0.3) is 33.5 Å². The number of hydrogen-bond acceptors (Lipinski definition) is 8. The van der Waals surface area contributed by atoms with Gasteiger partial charge in [0.15, 0.2) is 17.0 Å². The summed E-state index contributed by atoms with van der Waals surface area (Å²) in [5.41, 5.74) is 5.68. The molecule has 200 valence electrons. The Kier molecular flexibility index (Phi) is 5.99. The molecule has 1 fully saturated rings. The van der Waals surface area contributed by atoms with Gasteiger partial charge in [-0.2, -0.15) is 5.10 Å². The Balaban J connectivity index is 1.01. The van der Waals surface area contributed by atoms with Crippen LogP contribution in [0.15, 0.2) is 79.4 Å². The number of imidazole rings is 1. The number of para-hydroxylation sites is 1. The van der Waals surface area contributed by atoms with E-state index in [1.165, 1.54) is 5.69 Å². The first kappa shape index (κ1) is 24.1. The molecule has 0 aliphatic carbocycles. The maximum Gasteiger partial charge on any atom is 0.165 e. The van der Waals surface area contributed by atoms with Gasteiger partial charge in [-0.05, 0) is 36.4 Å². The Morgan fingerprint density at radius 1 is 0.825 bits per heavy atom. The number of ether oxygens (including phenoxy) is 1. The second-order valence-corrected chi connectivity index (χ2v) is 10.0. The summed E-state index contributed by atoms with van der Waals surface area (Å²) in [5, 5.41) is 5.43. The molecule has 7 rings (SSSR count). The summed E-state index contributed by atoms with van der Waals surface area (Å²) in [7, 11) is 3.89. The van der Waals surface area contributed by atoms with Crippen molar-refractivity contribution in [3.05, 3.63) is 85.1 Å². The van der Waals surface area contributed by atoms with E-state index >= 15 is 0 Å². The van der Waals surface area contributed by atoms with E-state index in [-0.39, 0.29) is 0 Å². The largest absolute Gasteiger partial charge is 0.487 e. The quantitative estimate of drug-likeness (QED) is 0.316. The fraction of sp³-hybridized carbons (Fsp3) is 0.233. The lowest BCUT2D eigenvalue weighted by molar-refractivity contribution is 0.302. The summed E-state index contributed by atoms with van der Waals surface area (Å²) in [6.07, 6.45) is 5.42. The SMILES string of the molecule is Cn1cc(-c2nc3c(N4CCN(c5ccc(OCc6ccc7ccccc7n6)cc5)CC4)ncnc3n2C)cn1. The minimum Gasteiger partial charge on any atom is -0.487 e. The molecule has 0 amide bonds. The van der Waals surface area contributed by atoms with Crippen molar-refractivity contribution in [3.8, 4) is 17.1 Å². The molecule has 40 heavy (non-hydrogen) atoms. The Labute approximate surface area is 231 Å². The maximum atomic E-state index is 6.03. The fourth-order valence-electron chi connectivity index (χ4n) is 5.29. The summed E-state index contributed by atoms with van der Waals surface area (Å²) < 4.78 is 9.81. The number of anilines is 2. The molecule has 0 N–H and O–H groups in total. The molecule has 5 heterocycles. The molecular weight excluding hydrogens is 502 g/mol. The first-order chi connectivity index (χ1) is 19.6. The summed E-state index contributed by atoms with van der Waals surface area (Å²) in [6, 6.07) is 20.5. The van der Waals surface area contributed by atoms with Crippen molar-refractivity contribution < 1.29 is 4.74 Å². The van der Waals surface area contributed by atoms with E-state index in [1.807, 2.05) is 67.5 Å². The number of fused-ring (bicyclic) bond motifs is 2. The normalized spacial score (nSPS) is 13.8. The zero-order valence-corrected chi connectivity index (χ0v) is 22.5. The van der Waals surface area contributed by atoms with Crippen LogP contribution in [0.4, 0.5) is 11.5 Å². The molecule has 1 aliphatic rings. The second kappa shape index (κ2) is 9.96. The molecule has 4 aromatic heterocycles. The van der Waals surface area contributed by atoms with Crippen LogP contribution >= 0.6 is 0 Å². The van der Waals surface area contributed by atoms with Gasteiger partial charge in [-0.1, -0.05) is 24.3 Å². The number of aromatic nitrogens is 7. The number of piperazine rings is 1. The molecule has 0 unspecified atom stereocenters. The minimum absolute atomic E-state index is 0.437. The van der Waals surface area contributed by atoms with Crippen LogP contribution in [0.1, 0.15) is 5.69 Å². The lowest BCUT2D eigenvalue weighted by atomic mass is 10.2. The molecule has 0 spiro atoms. The third kappa shape index (κ3) is 4.47. The third-order valence-corrected chi connectivity index (χ3v) is 7.42. The van der Waals surface area contributed by atoms with E-state index in [9.17, 15) is 0 Å². The summed E-state index contributed by atoms with van der Waals surface area (Å²) >= 11 is 0. The van der Waals surface area contributed by atoms with Crippen molar-refractivity contribution in [1.82, 2.24) is 34.3 Å². The van der Waals surface area contributed by atoms with Crippen molar-refractivity contribution in [1.29, 1.82) is 0 Å². The Morgan fingerprint density at radius 3 is 2.42 bits per heavy atom. The van der Waals surface area contributed by atoms with E-state index < -0.39 is 0 Å². The molecule has 0 saturated carbocycles. The number of pyridine rings is 1. The lowest BCUT2D eigenvalue weighted by Gasteiger charge is -2.36. The van der Waals surface area contributed by atoms with Crippen LogP contribution < -0.4 is 14.5 Å². The predicted molar refractivity (Wildman–Crippen MR) is 155 cm³/mol. The average Bonchev–Trinajstić information content (AvgIpc) is 3.59. The summed E-state index contributed by atoms with van der Waals surface area (Å²) in [6.45, 7) is 3.89. The molecule has 2 aromatic carbocycles. The number of hydrogen-bond donors (Lipinski definition) is 0. The highest BCUT2D eigenvalue weighted by atomic mass is 16.5. The van der Waals surface area contributed by atoms with Gasteiger partial charge in [0, 0.05) is 57.5 Å². The topological polar surface area (TPSA) is 90.0 Å². The molecule has 0 radical (unpaired) electrons. The molecule has 0 atom stereocenters. The van der Waals surface area contributed by atoms with Crippen LogP contribution in [0.2, 0.25) is 0 Å². The highest BCUT2D eigenvalue weighted by Crippen LogP contribution is 2.29. The van der Waals surface area contributed by atoms with E-state index in [4.69, 9.17) is 14.7 Å². The minimum atomic E-state index is 0.437. The van der Waals surface area contributed by atoms with Gasteiger partial charge in [-0.15, -0.1) is 0 Å². The predicted octanol–water partition coefficient (Wildman–Crippen LogP) is 4.22. The molecule has 10 heteroatoms. The second-order valence-electron chi connectivity index (χ2n) is 10.0.